The number of aromatic hydroxyl groups is 1. The number of hydrogen-bond acceptors (Lipinski definition) is 5. The third-order valence-corrected chi connectivity index (χ3v) is 6.85. The van der Waals surface area contributed by atoms with Crippen LogP contribution in [0.2, 0.25) is 0 Å². The molecule has 1 N–H and O–H groups in total. The van der Waals surface area contributed by atoms with Crippen LogP contribution in [0, 0.1) is 19.7 Å². The van der Waals surface area contributed by atoms with Crippen molar-refractivity contribution >= 4 is 11.6 Å². The molecule has 4 aromatic rings. The predicted octanol–water partition coefficient (Wildman–Crippen LogP) is 4.83. The highest BCUT2D eigenvalue weighted by atomic mass is 19.4. The molecule has 11 heteroatoms. The quantitative estimate of drug-likeness (QED) is 0.385. The Morgan fingerprint density at radius 1 is 1.03 bits per heavy atom. The number of carbonyl (C=O) groups excluding carboxylic acids is 1. The molecule has 0 bridgehead atoms. The highest BCUT2D eigenvalue weighted by molar-refractivity contribution is 6.00. The molecule has 2 aromatic carbocycles. The number of halogens is 4. The zero-order valence-electron chi connectivity index (χ0n) is 20.8. The Morgan fingerprint density at radius 3 is 2.37 bits per heavy atom. The molecule has 0 atom stereocenters. The fourth-order valence-electron chi connectivity index (χ4n) is 4.81. The average molecular weight is 528 g/mol. The van der Waals surface area contributed by atoms with Gasteiger partial charge in [0.05, 0.1) is 11.9 Å². The number of rotatable bonds is 4. The molecule has 38 heavy (non-hydrogen) atoms. The zero-order valence-corrected chi connectivity index (χ0v) is 20.8. The third-order valence-electron chi connectivity index (χ3n) is 6.85. The number of carbonyl (C=O) groups is 1. The Labute approximate surface area is 215 Å². The van der Waals surface area contributed by atoms with E-state index in [2.05, 4.69) is 10.1 Å². The van der Waals surface area contributed by atoms with Crippen molar-refractivity contribution in [3.05, 3.63) is 82.4 Å². The van der Waals surface area contributed by atoms with Crippen LogP contribution in [-0.4, -0.2) is 61.6 Å². The zero-order chi connectivity index (χ0) is 27.2. The van der Waals surface area contributed by atoms with Crippen molar-refractivity contribution in [2.24, 2.45) is 0 Å². The number of phenolic OH excluding ortho intramolecular Hbond substituents is 1. The number of amides is 1. The largest absolute Gasteiger partial charge is 0.508 e. The van der Waals surface area contributed by atoms with Gasteiger partial charge >= 0.3 is 6.18 Å². The second-order valence-corrected chi connectivity index (χ2v) is 9.39. The highest BCUT2D eigenvalue weighted by Crippen LogP contribution is 2.37. The van der Waals surface area contributed by atoms with Crippen molar-refractivity contribution < 1.29 is 27.5 Å². The fourth-order valence-corrected chi connectivity index (χ4v) is 4.81. The summed E-state index contributed by atoms with van der Waals surface area (Å²) in [5.41, 5.74) is 0.165. The second-order valence-electron chi connectivity index (χ2n) is 9.39. The number of nitrogens with zero attached hydrogens (tertiary/aromatic N) is 5. The minimum absolute atomic E-state index is 0.0336. The molecule has 3 heterocycles. The van der Waals surface area contributed by atoms with Crippen LogP contribution in [0.1, 0.15) is 32.7 Å². The fraction of sp³-hybridized carbons (Fsp3) is 0.296. The van der Waals surface area contributed by atoms with Crippen LogP contribution >= 0.6 is 0 Å². The van der Waals surface area contributed by atoms with Crippen LogP contribution in [0.3, 0.4) is 0 Å². The van der Waals surface area contributed by atoms with Gasteiger partial charge in [-0.25, -0.2) is 13.9 Å². The summed E-state index contributed by atoms with van der Waals surface area (Å²) >= 11 is 0. The van der Waals surface area contributed by atoms with Gasteiger partial charge in [0.25, 0.3) is 5.91 Å². The van der Waals surface area contributed by atoms with Gasteiger partial charge in [-0.05, 0) is 43.7 Å². The average Bonchev–Trinajstić information content (AvgIpc) is 3.29. The van der Waals surface area contributed by atoms with Crippen LogP contribution in [-0.2, 0) is 12.7 Å². The Balaban J connectivity index is 1.44. The van der Waals surface area contributed by atoms with E-state index >= 15 is 0 Å². The first-order chi connectivity index (χ1) is 18.0. The molecular formula is C27H25F4N5O2. The van der Waals surface area contributed by atoms with E-state index in [9.17, 15) is 27.5 Å². The van der Waals surface area contributed by atoms with Crippen molar-refractivity contribution in [1.82, 2.24) is 24.4 Å². The molecule has 1 amide bonds. The maximum absolute atomic E-state index is 14.4. The number of hydrogen-bond donors (Lipinski definition) is 1. The summed E-state index contributed by atoms with van der Waals surface area (Å²) in [7, 11) is 0. The van der Waals surface area contributed by atoms with Gasteiger partial charge in [0.15, 0.2) is 11.3 Å². The van der Waals surface area contributed by atoms with Gasteiger partial charge in [-0.1, -0.05) is 18.2 Å². The summed E-state index contributed by atoms with van der Waals surface area (Å²) in [5, 5.41) is 13.5. The molecule has 7 nitrogen and oxygen atoms in total. The lowest BCUT2D eigenvalue weighted by Gasteiger charge is -2.34. The van der Waals surface area contributed by atoms with E-state index < -0.39 is 17.8 Å². The van der Waals surface area contributed by atoms with Crippen LogP contribution in [0.5, 0.6) is 5.75 Å². The van der Waals surface area contributed by atoms with Crippen LogP contribution in [0.25, 0.3) is 16.9 Å². The van der Waals surface area contributed by atoms with Crippen LogP contribution in [0.4, 0.5) is 17.6 Å². The summed E-state index contributed by atoms with van der Waals surface area (Å²) in [6, 6.07) is 10.9. The summed E-state index contributed by atoms with van der Waals surface area (Å²) in [6.07, 6.45) is -3.63. The highest BCUT2D eigenvalue weighted by Gasteiger charge is 2.39. The molecule has 0 unspecified atom stereocenters. The van der Waals surface area contributed by atoms with Gasteiger partial charge in [-0.2, -0.15) is 18.3 Å². The lowest BCUT2D eigenvalue weighted by atomic mass is 10.0. The van der Waals surface area contributed by atoms with E-state index in [0.717, 1.165) is 6.20 Å². The molecule has 5 rings (SSSR count). The lowest BCUT2D eigenvalue weighted by molar-refractivity contribution is -0.143. The molecule has 0 spiro atoms. The minimum atomic E-state index is -4.75. The molecule has 2 aromatic heterocycles. The van der Waals surface area contributed by atoms with E-state index in [0.29, 0.717) is 53.9 Å². The van der Waals surface area contributed by atoms with Gasteiger partial charge in [-0.15, -0.1) is 0 Å². The maximum Gasteiger partial charge on any atom is 0.433 e. The van der Waals surface area contributed by atoms with Crippen molar-refractivity contribution in [2.75, 3.05) is 26.2 Å². The lowest BCUT2D eigenvalue weighted by Crippen LogP contribution is -2.48. The first kappa shape index (κ1) is 25.7. The molecule has 198 valence electrons. The number of fused-ring (bicyclic) bond motifs is 1. The SMILES string of the molecule is Cc1cccc(CN2CCN(C(=O)c3cnn4c(C(F)(F)F)c(C)c(-c5ccc(O)cc5)nc34)CC2)c1F. The molecule has 0 radical (unpaired) electrons. The summed E-state index contributed by atoms with van der Waals surface area (Å²) < 4.78 is 57.5. The van der Waals surface area contributed by atoms with Gasteiger partial charge < -0.3 is 10.0 Å². The molecule has 0 saturated carbocycles. The third kappa shape index (κ3) is 4.69. The topological polar surface area (TPSA) is 74.0 Å². The molecule has 0 aliphatic carbocycles. The standard InChI is InChI=1S/C27H25F4N5O2/c1-16-4-3-5-19(22(16)28)15-34-10-12-35(13-11-34)26(38)21-14-32-36-24(27(29,30)31)17(2)23(33-25(21)36)18-6-8-20(37)9-7-18/h3-9,14,37H,10-13,15H2,1-2H3. The van der Waals surface area contributed by atoms with Gasteiger partial charge in [0, 0.05) is 49.4 Å². The van der Waals surface area contributed by atoms with Crippen molar-refractivity contribution in [3.63, 3.8) is 0 Å². The van der Waals surface area contributed by atoms with E-state index in [1.165, 1.54) is 31.2 Å². The second kappa shape index (κ2) is 9.71. The Hall–Kier alpha value is -3.99. The normalized spacial score (nSPS) is 14.8. The van der Waals surface area contributed by atoms with Crippen molar-refractivity contribution in [2.45, 2.75) is 26.6 Å². The van der Waals surface area contributed by atoms with E-state index in [-0.39, 0.29) is 34.0 Å². The summed E-state index contributed by atoms with van der Waals surface area (Å²) in [5.74, 6) is -0.751. The number of phenols is 1. The minimum Gasteiger partial charge on any atom is -0.508 e. The molecule has 1 aliphatic heterocycles. The molecule has 1 aliphatic rings. The van der Waals surface area contributed by atoms with E-state index in [1.54, 1.807) is 30.0 Å². The molecule has 1 saturated heterocycles. The van der Waals surface area contributed by atoms with Gasteiger partial charge in [0.2, 0.25) is 0 Å². The summed E-state index contributed by atoms with van der Waals surface area (Å²) in [4.78, 5) is 21.4. The maximum atomic E-state index is 14.4. The van der Waals surface area contributed by atoms with Crippen molar-refractivity contribution in [1.29, 1.82) is 0 Å². The van der Waals surface area contributed by atoms with Crippen molar-refractivity contribution in [3.8, 4) is 17.0 Å². The number of benzene rings is 2. The first-order valence-electron chi connectivity index (χ1n) is 12.0. The van der Waals surface area contributed by atoms with E-state index in [4.69, 9.17) is 0 Å². The van der Waals surface area contributed by atoms with Gasteiger partial charge in [0.1, 0.15) is 17.1 Å². The molecule has 1 fully saturated rings. The summed E-state index contributed by atoms with van der Waals surface area (Å²) in [6.45, 7) is 5.03. The van der Waals surface area contributed by atoms with Crippen LogP contribution in [0.15, 0.2) is 48.7 Å². The monoisotopic (exact) mass is 527 g/mol. The number of alkyl halides is 3. The Kier molecular flexibility index (Phi) is 6.56. The predicted molar refractivity (Wildman–Crippen MR) is 132 cm³/mol. The first-order valence-corrected chi connectivity index (χ1v) is 12.0. The molecular weight excluding hydrogens is 502 g/mol. The van der Waals surface area contributed by atoms with Gasteiger partial charge in [-0.3, -0.25) is 9.69 Å². The van der Waals surface area contributed by atoms with Crippen LogP contribution < -0.4 is 0 Å². The van der Waals surface area contributed by atoms with E-state index in [1.807, 2.05) is 4.90 Å². The Bertz CT molecular complexity index is 1510. The number of aryl methyl sites for hydroxylation is 1. The Morgan fingerprint density at radius 2 is 1.71 bits per heavy atom. The number of piperazine rings is 1. The smallest absolute Gasteiger partial charge is 0.433 e. The number of aromatic nitrogens is 3.